The van der Waals surface area contributed by atoms with Gasteiger partial charge in [0, 0.05) is 19.2 Å². The zero-order chi connectivity index (χ0) is 20.0. The molecule has 2 rings (SSSR count). The highest BCUT2D eigenvalue weighted by Gasteiger charge is 2.20. The van der Waals surface area contributed by atoms with Gasteiger partial charge in [-0.15, -0.1) is 0 Å². The van der Waals surface area contributed by atoms with Gasteiger partial charge >= 0.3 is 0 Å². The summed E-state index contributed by atoms with van der Waals surface area (Å²) in [4.78, 5) is 12.0. The monoisotopic (exact) mass is 394 g/mol. The van der Waals surface area contributed by atoms with E-state index < -0.39 is 33.3 Å². The minimum Gasteiger partial charge on any atom is -0.318 e. The number of carbonyl (C=O) groups excluding carboxylic acids is 1. The van der Waals surface area contributed by atoms with Gasteiger partial charge in [0.1, 0.15) is 17.3 Å². The zero-order valence-corrected chi connectivity index (χ0v) is 15.8. The van der Waals surface area contributed by atoms with E-state index in [9.17, 15) is 22.0 Å². The second-order valence-corrected chi connectivity index (χ2v) is 7.52. The van der Waals surface area contributed by atoms with E-state index >= 15 is 0 Å². The van der Waals surface area contributed by atoms with Crippen molar-refractivity contribution >= 4 is 27.7 Å². The summed E-state index contributed by atoms with van der Waals surface area (Å²) in [7, 11) is -3.55. The zero-order valence-electron chi connectivity index (χ0n) is 14.9. The van der Waals surface area contributed by atoms with Gasteiger partial charge in [-0.2, -0.15) is 4.31 Å². The number of sulfonamides is 1. The van der Waals surface area contributed by atoms with Crippen LogP contribution < -0.4 is 5.32 Å². The van der Waals surface area contributed by atoms with Crippen molar-refractivity contribution in [2.45, 2.75) is 18.7 Å². The fraction of sp³-hybridized carbons (Fsp3) is 0.211. The van der Waals surface area contributed by atoms with Gasteiger partial charge in [-0.25, -0.2) is 17.2 Å². The van der Waals surface area contributed by atoms with E-state index in [0.717, 1.165) is 18.2 Å². The molecule has 1 N–H and O–H groups in total. The van der Waals surface area contributed by atoms with Crippen LogP contribution in [-0.2, 0) is 14.8 Å². The molecule has 144 valence electrons. The lowest BCUT2D eigenvalue weighted by Gasteiger charge is -2.18. The van der Waals surface area contributed by atoms with Gasteiger partial charge in [0.2, 0.25) is 15.9 Å². The second kappa shape index (κ2) is 8.88. The first kappa shape index (κ1) is 20.7. The number of para-hydroxylation sites is 1. The van der Waals surface area contributed by atoms with Crippen molar-refractivity contribution in [1.82, 2.24) is 4.31 Å². The summed E-state index contributed by atoms with van der Waals surface area (Å²) in [5, 5.41) is 2.14. The van der Waals surface area contributed by atoms with Crippen LogP contribution in [0.3, 0.4) is 0 Å². The predicted octanol–water partition coefficient (Wildman–Crippen LogP) is 3.65. The van der Waals surface area contributed by atoms with Gasteiger partial charge in [-0.1, -0.05) is 32.0 Å². The fourth-order valence-electron chi connectivity index (χ4n) is 2.42. The summed E-state index contributed by atoms with van der Waals surface area (Å²) in [5.74, 6) is -2.45. The van der Waals surface area contributed by atoms with Crippen molar-refractivity contribution in [2.24, 2.45) is 0 Å². The maximum atomic E-state index is 13.5. The van der Waals surface area contributed by atoms with E-state index in [0.29, 0.717) is 18.7 Å². The van der Waals surface area contributed by atoms with Crippen LogP contribution in [-0.4, -0.2) is 31.7 Å². The molecule has 1 amide bonds. The molecule has 0 saturated heterocycles. The number of rotatable bonds is 7. The van der Waals surface area contributed by atoms with Crippen molar-refractivity contribution < 1.29 is 22.0 Å². The van der Waals surface area contributed by atoms with E-state index in [4.69, 9.17) is 0 Å². The Hall–Kier alpha value is -2.58. The molecular formula is C19H20F2N2O3S. The molecule has 0 unspecified atom stereocenters. The summed E-state index contributed by atoms with van der Waals surface area (Å²) >= 11 is 0. The summed E-state index contributed by atoms with van der Waals surface area (Å²) in [6.45, 7) is 4.25. The maximum Gasteiger partial charge on any atom is 0.248 e. The molecule has 0 fully saturated rings. The van der Waals surface area contributed by atoms with Crippen LogP contribution in [0, 0.1) is 11.6 Å². The van der Waals surface area contributed by atoms with Crippen LogP contribution in [0.15, 0.2) is 53.4 Å². The van der Waals surface area contributed by atoms with Crippen LogP contribution >= 0.6 is 0 Å². The Labute approximate surface area is 157 Å². The third kappa shape index (κ3) is 4.99. The number of hydrogen-bond acceptors (Lipinski definition) is 3. The topological polar surface area (TPSA) is 66.5 Å². The number of hydrogen-bond donors (Lipinski definition) is 1. The Bertz CT molecular complexity index is 918. The Balaban J connectivity index is 2.11. The summed E-state index contributed by atoms with van der Waals surface area (Å²) < 4.78 is 53.2. The molecule has 2 aromatic rings. The van der Waals surface area contributed by atoms with Gasteiger partial charge in [0.25, 0.3) is 0 Å². The number of halogens is 2. The maximum absolute atomic E-state index is 13.5. The SMILES string of the molecule is CCN(CC)S(=O)(=O)c1ccc(/C=C/C(=O)Nc2c(F)cccc2F)cc1. The number of benzene rings is 2. The normalized spacial score (nSPS) is 11.9. The highest BCUT2D eigenvalue weighted by atomic mass is 32.2. The average Bonchev–Trinajstić information content (AvgIpc) is 2.64. The molecule has 0 atom stereocenters. The van der Waals surface area contributed by atoms with Crippen molar-refractivity contribution in [3.05, 3.63) is 65.7 Å². The molecule has 0 aliphatic rings. The Morgan fingerprint density at radius 2 is 1.59 bits per heavy atom. The van der Waals surface area contributed by atoms with Crippen LogP contribution in [0.5, 0.6) is 0 Å². The average molecular weight is 394 g/mol. The van der Waals surface area contributed by atoms with Gasteiger partial charge in [0.15, 0.2) is 0 Å². The first-order chi connectivity index (χ1) is 12.8. The second-order valence-electron chi connectivity index (χ2n) is 5.58. The molecule has 5 nitrogen and oxygen atoms in total. The largest absolute Gasteiger partial charge is 0.318 e. The number of amides is 1. The molecule has 0 aliphatic carbocycles. The molecule has 2 aromatic carbocycles. The highest BCUT2D eigenvalue weighted by Crippen LogP contribution is 2.19. The quantitative estimate of drug-likeness (QED) is 0.729. The standard InChI is InChI=1S/C19H20F2N2O3S/c1-3-23(4-2)27(25,26)15-11-8-14(9-12-15)10-13-18(24)22-19-16(20)6-5-7-17(19)21/h5-13H,3-4H2,1-2H3,(H,22,24)/b13-10+. The highest BCUT2D eigenvalue weighted by molar-refractivity contribution is 7.89. The summed E-state index contributed by atoms with van der Waals surface area (Å²) in [5.41, 5.74) is 0.0467. The number of nitrogens with one attached hydrogen (secondary N) is 1. The summed E-state index contributed by atoms with van der Waals surface area (Å²) in [6.07, 6.45) is 2.53. The van der Waals surface area contributed by atoms with Crippen molar-refractivity contribution in [1.29, 1.82) is 0 Å². The molecule has 0 aromatic heterocycles. The first-order valence-electron chi connectivity index (χ1n) is 8.32. The lowest BCUT2D eigenvalue weighted by molar-refractivity contribution is -0.111. The Kier molecular flexibility index (Phi) is 6.81. The van der Waals surface area contributed by atoms with Crippen LogP contribution in [0.2, 0.25) is 0 Å². The number of anilines is 1. The van der Waals surface area contributed by atoms with Crippen LogP contribution in [0.4, 0.5) is 14.5 Å². The van der Waals surface area contributed by atoms with Crippen molar-refractivity contribution in [3.8, 4) is 0 Å². The molecule has 8 heteroatoms. The van der Waals surface area contributed by atoms with E-state index in [1.165, 1.54) is 28.6 Å². The molecule has 27 heavy (non-hydrogen) atoms. The third-order valence-electron chi connectivity index (χ3n) is 3.86. The van der Waals surface area contributed by atoms with E-state index in [-0.39, 0.29) is 4.90 Å². The minimum absolute atomic E-state index is 0.154. The van der Waals surface area contributed by atoms with Gasteiger partial charge in [-0.3, -0.25) is 4.79 Å². The van der Waals surface area contributed by atoms with E-state index in [2.05, 4.69) is 5.32 Å². The molecule has 0 aliphatic heterocycles. The predicted molar refractivity (Wildman–Crippen MR) is 101 cm³/mol. The van der Waals surface area contributed by atoms with Crippen LogP contribution in [0.1, 0.15) is 19.4 Å². The van der Waals surface area contributed by atoms with Crippen molar-refractivity contribution in [2.75, 3.05) is 18.4 Å². The van der Waals surface area contributed by atoms with Gasteiger partial charge in [-0.05, 0) is 35.9 Å². The number of nitrogens with zero attached hydrogens (tertiary/aromatic N) is 1. The van der Waals surface area contributed by atoms with Gasteiger partial charge < -0.3 is 5.32 Å². The summed E-state index contributed by atoms with van der Waals surface area (Å²) in [6, 6.07) is 9.26. The smallest absolute Gasteiger partial charge is 0.248 e. The Morgan fingerprint density at radius 3 is 2.11 bits per heavy atom. The van der Waals surface area contributed by atoms with E-state index in [1.54, 1.807) is 26.0 Å². The van der Waals surface area contributed by atoms with Gasteiger partial charge in [0.05, 0.1) is 4.90 Å². The minimum atomic E-state index is -3.55. The van der Waals surface area contributed by atoms with E-state index in [1.807, 2.05) is 0 Å². The lowest BCUT2D eigenvalue weighted by Crippen LogP contribution is -2.30. The number of carbonyl (C=O) groups is 1. The first-order valence-corrected chi connectivity index (χ1v) is 9.76. The van der Waals surface area contributed by atoms with Crippen molar-refractivity contribution in [3.63, 3.8) is 0 Å². The Morgan fingerprint density at radius 1 is 1.04 bits per heavy atom. The molecule has 0 bridgehead atoms. The molecule has 0 radical (unpaired) electrons. The third-order valence-corrected chi connectivity index (χ3v) is 5.93. The molecule has 0 spiro atoms. The fourth-order valence-corrected chi connectivity index (χ4v) is 3.88. The molecular weight excluding hydrogens is 374 g/mol. The lowest BCUT2D eigenvalue weighted by atomic mass is 10.2. The molecule has 0 heterocycles. The molecule has 0 saturated carbocycles. The van der Waals surface area contributed by atoms with Crippen LogP contribution in [0.25, 0.3) is 6.08 Å².